The number of aromatic nitrogens is 1. The van der Waals surface area contributed by atoms with E-state index in [-0.39, 0.29) is 0 Å². The third-order valence-corrected chi connectivity index (χ3v) is 6.35. The second kappa shape index (κ2) is 5.52. The Balaban J connectivity index is 1.56. The summed E-state index contributed by atoms with van der Waals surface area (Å²) in [7, 11) is 0. The van der Waals surface area contributed by atoms with Crippen molar-refractivity contribution in [2.75, 3.05) is 13.1 Å². The maximum atomic E-state index is 4.45. The second-order valence-corrected chi connectivity index (χ2v) is 7.55. The van der Waals surface area contributed by atoms with Gasteiger partial charge in [-0.2, -0.15) is 0 Å². The summed E-state index contributed by atoms with van der Waals surface area (Å²) in [6.45, 7) is 4.64. The molecule has 4 rings (SSSR count). The van der Waals surface area contributed by atoms with E-state index >= 15 is 0 Å². The fourth-order valence-corrected chi connectivity index (χ4v) is 4.75. The van der Waals surface area contributed by atoms with Crippen LogP contribution in [0.5, 0.6) is 0 Å². The van der Waals surface area contributed by atoms with Gasteiger partial charge in [-0.05, 0) is 54.5 Å². The highest BCUT2D eigenvalue weighted by Crippen LogP contribution is 2.29. The quantitative estimate of drug-likeness (QED) is 0.691. The van der Waals surface area contributed by atoms with Crippen LogP contribution in [-0.2, 0) is 12.8 Å². The fraction of sp³-hybridized carbons (Fsp3) is 0.353. The van der Waals surface area contributed by atoms with E-state index in [0.717, 1.165) is 18.6 Å². The number of thiazole rings is 1. The summed E-state index contributed by atoms with van der Waals surface area (Å²) >= 11 is 3.63. The van der Waals surface area contributed by atoms with Gasteiger partial charge in [0, 0.05) is 24.0 Å². The van der Waals surface area contributed by atoms with Crippen LogP contribution in [0, 0.1) is 0 Å². The van der Waals surface area contributed by atoms with E-state index in [1.54, 1.807) is 21.8 Å². The molecule has 0 N–H and O–H groups in total. The SMILES string of the molecule is CC(c1ccc2scnc2c1)N1CCc2ccsc2CC1. The molecule has 0 saturated carbocycles. The molecule has 4 heteroatoms. The minimum absolute atomic E-state index is 0.463. The molecule has 0 spiro atoms. The van der Waals surface area contributed by atoms with Gasteiger partial charge in [0.05, 0.1) is 15.7 Å². The van der Waals surface area contributed by atoms with Crippen molar-refractivity contribution in [2.45, 2.75) is 25.8 Å². The smallest absolute Gasteiger partial charge is 0.0815 e. The van der Waals surface area contributed by atoms with Gasteiger partial charge in [-0.15, -0.1) is 22.7 Å². The Hall–Kier alpha value is -1.23. The predicted molar refractivity (Wildman–Crippen MR) is 91.3 cm³/mol. The Morgan fingerprint density at radius 3 is 3.00 bits per heavy atom. The normalized spacial score (nSPS) is 17.6. The maximum absolute atomic E-state index is 4.45. The van der Waals surface area contributed by atoms with Crippen LogP contribution < -0.4 is 0 Å². The first-order valence-corrected chi connectivity index (χ1v) is 9.19. The van der Waals surface area contributed by atoms with Crippen molar-refractivity contribution in [3.63, 3.8) is 0 Å². The van der Waals surface area contributed by atoms with Crippen LogP contribution in [0.4, 0.5) is 0 Å². The number of rotatable bonds is 2. The highest BCUT2D eigenvalue weighted by atomic mass is 32.1. The van der Waals surface area contributed by atoms with Crippen LogP contribution in [0.1, 0.15) is 29.0 Å². The lowest BCUT2D eigenvalue weighted by atomic mass is 10.1. The van der Waals surface area contributed by atoms with Crippen LogP contribution in [0.25, 0.3) is 10.2 Å². The molecule has 2 nitrogen and oxygen atoms in total. The fourth-order valence-electron chi connectivity index (χ4n) is 3.16. The molecule has 0 radical (unpaired) electrons. The average Bonchev–Trinajstić information content (AvgIpc) is 3.11. The number of benzene rings is 1. The Morgan fingerprint density at radius 2 is 2.05 bits per heavy atom. The molecular weight excluding hydrogens is 296 g/mol. The largest absolute Gasteiger partial charge is 0.296 e. The molecule has 3 aromatic rings. The highest BCUT2D eigenvalue weighted by molar-refractivity contribution is 7.16. The zero-order valence-electron chi connectivity index (χ0n) is 12.1. The Labute approximate surface area is 133 Å². The minimum atomic E-state index is 0.463. The van der Waals surface area contributed by atoms with Crippen molar-refractivity contribution in [1.29, 1.82) is 0 Å². The van der Waals surface area contributed by atoms with Crippen molar-refractivity contribution in [1.82, 2.24) is 9.88 Å². The molecule has 108 valence electrons. The molecule has 1 aliphatic heterocycles. The molecule has 0 bridgehead atoms. The molecule has 1 aliphatic rings. The van der Waals surface area contributed by atoms with Gasteiger partial charge in [-0.3, -0.25) is 4.90 Å². The Morgan fingerprint density at radius 1 is 1.14 bits per heavy atom. The van der Waals surface area contributed by atoms with Crippen molar-refractivity contribution in [2.24, 2.45) is 0 Å². The van der Waals surface area contributed by atoms with E-state index in [0.29, 0.717) is 6.04 Å². The predicted octanol–water partition coefficient (Wildman–Crippen LogP) is 4.52. The van der Waals surface area contributed by atoms with Crippen LogP contribution >= 0.6 is 22.7 Å². The summed E-state index contributed by atoms with van der Waals surface area (Å²) in [5, 5.41) is 2.24. The van der Waals surface area contributed by atoms with Gasteiger partial charge in [0.1, 0.15) is 0 Å². The summed E-state index contributed by atoms with van der Waals surface area (Å²) in [6.07, 6.45) is 2.37. The van der Waals surface area contributed by atoms with E-state index in [4.69, 9.17) is 0 Å². The van der Waals surface area contributed by atoms with Crippen molar-refractivity contribution >= 4 is 32.9 Å². The van der Waals surface area contributed by atoms with Gasteiger partial charge in [-0.1, -0.05) is 6.07 Å². The Bertz CT molecular complexity index is 736. The molecule has 0 amide bonds. The third kappa shape index (κ3) is 2.52. The van der Waals surface area contributed by atoms with Gasteiger partial charge < -0.3 is 0 Å². The lowest BCUT2D eigenvalue weighted by Gasteiger charge is -2.28. The first-order chi connectivity index (χ1) is 10.3. The maximum Gasteiger partial charge on any atom is 0.0815 e. The molecule has 0 aliphatic carbocycles. The summed E-state index contributed by atoms with van der Waals surface area (Å²) in [6, 6.07) is 9.51. The van der Waals surface area contributed by atoms with Crippen LogP contribution in [0.3, 0.4) is 0 Å². The molecule has 1 unspecified atom stereocenters. The van der Waals surface area contributed by atoms with Gasteiger partial charge in [-0.25, -0.2) is 4.98 Å². The standard InChI is InChI=1S/C17H18N2S2/c1-12(14-2-3-17-15(10-14)18-11-21-17)19-7-4-13-6-9-20-16(13)5-8-19/h2-3,6,9-12H,4-5,7-8H2,1H3. The average molecular weight is 314 g/mol. The molecule has 21 heavy (non-hydrogen) atoms. The minimum Gasteiger partial charge on any atom is -0.296 e. The van der Waals surface area contributed by atoms with Crippen LogP contribution in [0.15, 0.2) is 35.2 Å². The zero-order chi connectivity index (χ0) is 14.2. The van der Waals surface area contributed by atoms with E-state index < -0.39 is 0 Å². The molecular formula is C17H18N2S2. The van der Waals surface area contributed by atoms with E-state index in [1.165, 1.54) is 23.1 Å². The molecule has 1 atom stereocenters. The van der Waals surface area contributed by atoms with Crippen LogP contribution in [-0.4, -0.2) is 23.0 Å². The number of fused-ring (bicyclic) bond motifs is 2. The lowest BCUT2D eigenvalue weighted by molar-refractivity contribution is 0.221. The van der Waals surface area contributed by atoms with Gasteiger partial charge in [0.15, 0.2) is 0 Å². The summed E-state index contributed by atoms with van der Waals surface area (Å²) in [5.74, 6) is 0. The number of nitrogens with zero attached hydrogens (tertiary/aromatic N) is 2. The van der Waals surface area contributed by atoms with E-state index in [2.05, 4.69) is 46.5 Å². The van der Waals surface area contributed by atoms with Gasteiger partial charge in [0.25, 0.3) is 0 Å². The highest BCUT2D eigenvalue weighted by Gasteiger charge is 2.20. The van der Waals surface area contributed by atoms with Crippen molar-refractivity contribution in [3.8, 4) is 0 Å². The zero-order valence-corrected chi connectivity index (χ0v) is 13.7. The molecule has 0 fully saturated rings. The van der Waals surface area contributed by atoms with E-state index in [1.807, 2.05) is 16.8 Å². The van der Waals surface area contributed by atoms with E-state index in [9.17, 15) is 0 Å². The monoisotopic (exact) mass is 314 g/mol. The van der Waals surface area contributed by atoms with Gasteiger partial charge in [0.2, 0.25) is 0 Å². The summed E-state index contributed by atoms with van der Waals surface area (Å²) in [5.41, 5.74) is 6.02. The first-order valence-electron chi connectivity index (χ1n) is 7.44. The summed E-state index contributed by atoms with van der Waals surface area (Å²) < 4.78 is 1.28. The number of hydrogen-bond donors (Lipinski definition) is 0. The molecule has 1 aromatic carbocycles. The first kappa shape index (κ1) is 13.4. The molecule has 0 saturated heterocycles. The number of thiophene rings is 1. The van der Waals surface area contributed by atoms with Gasteiger partial charge >= 0.3 is 0 Å². The molecule has 3 heterocycles. The van der Waals surface area contributed by atoms with Crippen LogP contribution in [0.2, 0.25) is 0 Å². The number of hydrogen-bond acceptors (Lipinski definition) is 4. The Kier molecular flexibility index (Phi) is 3.53. The van der Waals surface area contributed by atoms with Crippen molar-refractivity contribution in [3.05, 3.63) is 51.2 Å². The summed E-state index contributed by atoms with van der Waals surface area (Å²) in [4.78, 5) is 8.65. The molecule has 2 aromatic heterocycles. The van der Waals surface area contributed by atoms with Crippen molar-refractivity contribution < 1.29 is 0 Å². The third-order valence-electron chi connectivity index (χ3n) is 4.52. The lowest BCUT2D eigenvalue weighted by Crippen LogP contribution is -2.29. The topological polar surface area (TPSA) is 16.1 Å². The second-order valence-electron chi connectivity index (χ2n) is 5.66.